The second-order valence-corrected chi connectivity index (χ2v) is 7.16. The van der Waals surface area contributed by atoms with Gasteiger partial charge in [0.05, 0.1) is 16.6 Å². The topological polar surface area (TPSA) is 96.6 Å². The Balaban J connectivity index is 1.90. The first kappa shape index (κ1) is 16.4. The molecule has 1 aliphatic rings. The molecule has 9 heteroatoms. The minimum absolute atomic E-state index is 0.00471. The summed E-state index contributed by atoms with van der Waals surface area (Å²) in [7, 11) is -3.72. The van der Waals surface area contributed by atoms with Crippen LogP contribution in [0.15, 0.2) is 28.1 Å². The lowest BCUT2D eigenvalue weighted by Gasteiger charge is -2.08. The fraction of sp³-hybridized carbons (Fsp3) is 0.417. The van der Waals surface area contributed by atoms with Gasteiger partial charge >= 0.3 is 0 Å². The second kappa shape index (κ2) is 6.83. The van der Waals surface area contributed by atoms with Crippen molar-refractivity contribution in [1.29, 1.82) is 0 Å². The quantitative estimate of drug-likeness (QED) is 0.409. The Morgan fingerprint density at radius 3 is 2.76 bits per heavy atom. The Labute approximate surface area is 133 Å². The van der Waals surface area contributed by atoms with Crippen molar-refractivity contribution in [3.63, 3.8) is 0 Å². The molecule has 0 heterocycles. The van der Waals surface area contributed by atoms with E-state index in [1.54, 1.807) is 0 Å². The fourth-order valence-corrected chi connectivity index (χ4v) is 3.39. The Hall–Kier alpha value is -1.02. The number of nitrogens with one attached hydrogen (secondary N) is 2. The van der Waals surface area contributed by atoms with E-state index in [0.717, 1.165) is 12.8 Å². The third kappa shape index (κ3) is 4.74. The lowest BCUT2D eigenvalue weighted by atomic mass is 10.4. The van der Waals surface area contributed by atoms with E-state index in [1.165, 1.54) is 18.2 Å². The Morgan fingerprint density at radius 1 is 1.38 bits per heavy atom. The van der Waals surface area contributed by atoms with Crippen LogP contribution in [0.25, 0.3) is 0 Å². The number of sulfonamides is 1. The van der Waals surface area contributed by atoms with E-state index in [1.807, 2.05) is 0 Å². The maximum absolute atomic E-state index is 12.1. The lowest BCUT2D eigenvalue weighted by Crippen LogP contribution is -2.34. The molecular formula is C12H16Cl2N4O2S. The van der Waals surface area contributed by atoms with Gasteiger partial charge in [-0.2, -0.15) is 0 Å². The minimum atomic E-state index is -3.72. The van der Waals surface area contributed by atoms with Crippen molar-refractivity contribution in [1.82, 2.24) is 10.0 Å². The molecule has 1 saturated carbocycles. The summed E-state index contributed by atoms with van der Waals surface area (Å²) in [5.41, 5.74) is 5.64. The summed E-state index contributed by atoms with van der Waals surface area (Å²) in [6.45, 7) is 0.362. The molecule has 0 saturated heterocycles. The molecule has 1 fully saturated rings. The van der Waals surface area contributed by atoms with Crippen LogP contribution in [0.2, 0.25) is 10.0 Å². The number of hydrogen-bond donors (Lipinski definition) is 3. The normalized spacial score (nSPS) is 16.0. The number of halogens is 2. The number of rotatable bonds is 6. The first-order chi connectivity index (χ1) is 9.90. The van der Waals surface area contributed by atoms with E-state index < -0.39 is 10.0 Å². The van der Waals surface area contributed by atoms with Gasteiger partial charge in [0.25, 0.3) is 0 Å². The largest absolute Gasteiger partial charge is 0.370 e. The number of hydrogen-bond acceptors (Lipinski definition) is 3. The Bertz CT molecular complexity index is 645. The maximum Gasteiger partial charge on any atom is 0.242 e. The van der Waals surface area contributed by atoms with Crippen LogP contribution >= 0.6 is 23.2 Å². The van der Waals surface area contributed by atoms with E-state index in [-0.39, 0.29) is 28.0 Å². The summed E-state index contributed by atoms with van der Waals surface area (Å²) in [4.78, 5) is 3.99. The van der Waals surface area contributed by atoms with Gasteiger partial charge in [0.15, 0.2) is 5.96 Å². The van der Waals surface area contributed by atoms with Crippen molar-refractivity contribution < 1.29 is 8.42 Å². The van der Waals surface area contributed by atoms with Crippen molar-refractivity contribution in [3.05, 3.63) is 28.2 Å². The van der Waals surface area contributed by atoms with Crippen LogP contribution in [0.4, 0.5) is 0 Å². The van der Waals surface area contributed by atoms with Crippen LogP contribution in [0.3, 0.4) is 0 Å². The molecule has 0 aromatic heterocycles. The van der Waals surface area contributed by atoms with E-state index in [9.17, 15) is 8.42 Å². The summed E-state index contributed by atoms with van der Waals surface area (Å²) in [5, 5.41) is 3.21. The highest BCUT2D eigenvalue weighted by Gasteiger charge is 2.21. The Morgan fingerprint density at radius 2 is 2.10 bits per heavy atom. The molecule has 4 N–H and O–H groups in total. The van der Waals surface area contributed by atoms with Gasteiger partial charge in [-0.05, 0) is 25.0 Å². The molecule has 0 unspecified atom stereocenters. The van der Waals surface area contributed by atoms with Crippen LogP contribution in [0.1, 0.15) is 12.8 Å². The molecule has 2 rings (SSSR count). The van der Waals surface area contributed by atoms with E-state index in [0.29, 0.717) is 12.0 Å². The number of nitrogens with two attached hydrogens (primary N) is 1. The molecule has 1 aliphatic carbocycles. The van der Waals surface area contributed by atoms with Crippen LogP contribution in [0.5, 0.6) is 0 Å². The number of benzene rings is 1. The SMILES string of the molecule is NC(=NCCNS(=O)(=O)c1cccc(Cl)c1Cl)NC1CC1. The molecule has 0 aliphatic heterocycles. The molecule has 1 aromatic rings. The zero-order valence-electron chi connectivity index (χ0n) is 11.1. The van der Waals surface area contributed by atoms with Crippen LogP contribution in [-0.4, -0.2) is 33.5 Å². The predicted molar refractivity (Wildman–Crippen MR) is 84.3 cm³/mol. The molecule has 6 nitrogen and oxygen atoms in total. The van der Waals surface area contributed by atoms with Gasteiger partial charge in [0.2, 0.25) is 10.0 Å². The van der Waals surface area contributed by atoms with Gasteiger partial charge in [0.1, 0.15) is 4.90 Å². The summed E-state index contributed by atoms with van der Waals surface area (Å²) >= 11 is 11.7. The first-order valence-electron chi connectivity index (χ1n) is 6.40. The lowest BCUT2D eigenvalue weighted by molar-refractivity contribution is 0.582. The van der Waals surface area contributed by atoms with Gasteiger partial charge in [0, 0.05) is 12.6 Å². The van der Waals surface area contributed by atoms with Crippen LogP contribution in [0, 0.1) is 0 Å². The van der Waals surface area contributed by atoms with Gasteiger partial charge in [-0.3, -0.25) is 4.99 Å². The first-order valence-corrected chi connectivity index (χ1v) is 8.64. The molecule has 0 radical (unpaired) electrons. The molecule has 21 heavy (non-hydrogen) atoms. The number of nitrogens with zero attached hydrogens (tertiary/aromatic N) is 1. The summed E-state index contributed by atoms with van der Waals surface area (Å²) in [6, 6.07) is 4.86. The van der Waals surface area contributed by atoms with E-state index in [2.05, 4.69) is 15.0 Å². The zero-order chi connectivity index (χ0) is 15.5. The standard InChI is InChI=1S/C12H16Cl2N4O2S/c13-9-2-1-3-10(11(9)14)21(19,20)17-7-6-16-12(15)18-8-4-5-8/h1-3,8,17H,4-7H2,(H3,15,16,18). The molecule has 116 valence electrons. The Kier molecular flexibility index (Phi) is 5.32. The maximum atomic E-state index is 12.1. The highest BCUT2D eigenvalue weighted by molar-refractivity contribution is 7.89. The molecule has 1 aromatic carbocycles. The summed E-state index contributed by atoms with van der Waals surface area (Å²) < 4.78 is 26.6. The number of guanidine groups is 1. The molecule has 0 amide bonds. The van der Waals surface area contributed by atoms with Crippen molar-refractivity contribution in [3.8, 4) is 0 Å². The van der Waals surface area contributed by atoms with Crippen LogP contribution in [-0.2, 0) is 10.0 Å². The minimum Gasteiger partial charge on any atom is -0.370 e. The smallest absolute Gasteiger partial charge is 0.242 e. The van der Waals surface area contributed by atoms with E-state index >= 15 is 0 Å². The fourth-order valence-electron chi connectivity index (χ4n) is 1.61. The van der Waals surface area contributed by atoms with Crippen molar-refractivity contribution in [2.75, 3.05) is 13.1 Å². The van der Waals surface area contributed by atoms with Gasteiger partial charge in [-0.15, -0.1) is 0 Å². The molecule has 0 spiro atoms. The third-order valence-electron chi connectivity index (χ3n) is 2.82. The molecule has 0 bridgehead atoms. The zero-order valence-corrected chi connectivity index (χ0v) is 13.5. The molecule has 0 atom stereocenters. The van der Waals surface area contributed by atoms with Gasteiger partial charge in [-0.25, -0.2) is 13.1 Å². The highest BCUT2D eigenvalue weighted by Crippen LogP contribution is 2.28. The van der Waals surface area contributed by atoms with Crippen LogP contribution < -0.4 is 15.8 Å². The average Bonchev–Trinajstić information content (AvgIpc) is 3.21. The van der Waals surface area contributed by atoms with Gasteiger partial charge < -0.3 is 11.1 Å². The number of aliphatic imine (C=N–C) groups is 1. The van der Waals surface area contributed by atoms with Crippen molar-refractivity contribution in [2.45, 2.75) is 23.8 Å². The van der Waals surface area contributed by atoms with Crippen molar-refractivity contribution >= 4 is 39.2 Å². The third-order valence-corrected chi connectivity index (χ3v) is 5.26. The van der Waals surface area contributed by atoms with Crippen molar-refractivity contribution in [2.24, 2.45) is 10.7 Å². The van der Waals surface area contributed by atoms with E-state index in [4.69, 9.17) is 28.9 Å². The van der Waals surface area contributed by atoms with Gasteiger partial charge in [-0.1, -0.05) is 29.3 Å². The second-order valence-electron chi connectivity index (χ2n) is 4.64. The average molecular weight is 351 g/mol. The predicted octanol–water partition coefficient (Wildman–Crippen LogP) is 1.34. The summed E-state index contributed by atoms with van der Waals surface area (Å²) in [5.74, 6) is 0.331. The molecular weight excluding hydrogens is 335 g/mol. The highest BCUT2D eigenvalue weighted by atomic mass is 35.5. The monoisotopic (exact) mass is 350 g/mol. The summed E-state index contributed by atoms with van der Waals surface area (Å²) in [6.07, 6.45) is 2.19.